The Kier molecular flexibility index (Phi) is 7.97. The molecular formula is C25H23ClN6O3S. The van der Waals surface area contributed by atoms with Crippen LogP contribution in [0.2, 0.25) is 5.02 Å². The van der Waals surface area contributed by atoms with E-state index in [2.05, 4.69) is 25.6 Å². The van der Waals surface area contributed by atoms with Gasteiger partial charge in [-0.2, -0.15) is 0 Å². The highest BCUT2D eigenvalue weighted by molar-refractivity contribution is 7.98. The number of amides is 1. The Morgan fingerprint density at radius 3 is 2.33 bits per heavy atom. The molecule has 4 rings (SSSR count). The first-order chi connectivity index (χ1) is 17.3. The zero-order chi connectivity index (χ0) is 25.7. The third kappa shape index (κ3) is 6.07. The second kappa shape index (κ2) is 11.3. The van der Waals surface area contributed by atoms with Gasteiger partial charge in [0.1, 0.15) is 0 Å². The van der Waals surface area contributed by atoms with Gasteiger partial charge >= 0.3 is 5.97 Å². The number of halogens is 1. The lowest BCUT2D eigenvalue weighted by atomic mass is 10.2. The molecule has 2 aromatic heterocycles. The maximum Gasteiger partial charge on any atom is 0.338 e. The number of aromatic nitrogens is 5. The van der Waals surface area contributed by atoms with Crippen LogP contribution in [-0.2, 0) is 10.5 Å². The Balaban J connectivity index is 1.61. The summed E-state index contributed by atoms with van der Waals surface area (Å²) in [6, 6.07) is 15.4. The largest absolute Gasteiger partial charge is 0.462 e. The van der Waals surface area contributed by atoms with Crippen LogP contribution < -0.4 is 5.32 Å². The normalized spacial score (nSPS) is 10.8. The molecule has 0 aliphatic heterocycles. The summed E-state index contributed by atoms with van der Waals surface area (Å²) in [7, 11) is 0. The van der Waals surface area contributed by atoms with Crippen molar-refractivity contribution >= 4 is 40.9 Å². The van der Waals surface area contributed by atoms with Crippen molar-refractivity contribution in [3.63, 3.8) is 0 Å². The number of rotatable bonds is 8. The minimum atomic E-state index is -0.434. The Morgan fingerprint density at radius 1 is 1.03 bits per heavy atom. The fourth-order valence-electron chi connectivity index (χ4n) is 3.38. The number of carbonyl (C=O) groups excluding carboxylic acids is 2. The van der Waals surface area contributed by atoms with Crippen LogP contribution in [0.3, 0.4) is 0 Å². The van der Waals surface area contributed by atoms with Crippen molar-refractivity contribution in [3.8, 4) is 5.69 Å². The van der Waals surface area contributed by atoms with Crippen LogP contribution in [0.25, 0.3) is 5.69 Å². The molecule has 0 bridgehead atoms. The summed E-state index contributed by atoms with van der Waals surface area (Å²) < 4.78 is 6.60. The van der Waals surface area contributed by atoms with Crippen molar-refractivity contribution in [1.82, 2.24) is 25.0 Å². The van der Waals surface area contributed by atoms with Gasteiger partial charge in [0.2, 0.25) is 0 Å². The maximum atomic E-state index is 13.2. The second-order valence-corrected chi connectivity index (χ2v) is 9.13. The van der Waals surface area contributed by atoms with Crippen molar-refractivity contribution in [2.75, 3.05) is 11.9 Å². The summed E-state index contributed by atoms with van der Waals surface area (Å²) in [4.78, 5) is 34.0. The molecule has 11 heteroatoms. The van der Waals surface area contributed by atoms with E-state index in [4.69, 9.17) is 16.3 Å². The molecular weight excluding hydrogens is 500 g/mol. The minimum Gasteiger partial charge on any atom is -0.462 e. The molecule has 0 atom stereocenters. The van der Waals surface area contributed by atoms with E-state index >= 15 is 0 Å². The number of nitrogens with zero attached hydrogens (tertiary/aromatic N) is 5. The Hall–Kier alpha value is -3.76. The summed E-state index contributed by atoms with van der Waals surface area (Å²) >= 11 is 7.43. The van der Waals surface area contributed by atoms with Gasteiger partial charge in [-0.3, -0.25) is 4.79 Å². The average Bonchev–Trinajstić information content (AvgIpc) is 3.27. The smallest absolute Gasteiger partial charge is 0.338 e. The lowest BCUT2D eigenvalue weighted by Gasteiger charge is -2.09. The zero-order valence-electron chi connectivity index (χ0n) is 19.9. The third-order valence-electron chi connectivity index (χ3n) is 5.00. The standard InChI is InChI=1S/C25H23ClN6O3S/c1-4-35-24(34)17-5-9-19(10-6-17)29-23(33)22-21(14-36-25-27-15(2)13-16(3)28-25)32(31-30-22)20-11-7-18(26)8-12-20/h5-13H,4,14H2,1-3H3,(H,29,33). The van der Waals surface area contributed by atoms with Gasteiger partial charge in [-0.1, -0.05) is 28.6 Å². The molecule has 1 amide bonds. The molecule has 0 saturated heterocycles. The topological polar surface area (TPSA) is 112 Å². The van der Waals surface area contributed by atoms with E-state index in [0.717, 1.165) is 11.4 Å². The highest BCUT2D eigenvalue weighted by atomic mass is 35.5. The van der Waals surface area contributed by atoms with E-state index in [1.165, 1.54) is 11.8 Å². The SMILES string of the molecule is CCOC(=O)c1ccc(NC(=O)c2nnn(-c3ccc(Cl)cc3)c2CSc2nc(C)cc(C)n2)cc1. The van der Waals surface area contributed by atoms with Crippen LogP contribution in [0.4, 0.5) is 5.69 Å². The van der Waals surface area contributed by atoms with Crippen LogP contribution in [-0.4, -0.2) is 43.4 Å². The molecule has 1 N–H and O–H groups in total. The number of ether oxygens (including phenoxy) is 1. The molecule has 9 nitrogen and oxygen atoms in total. The molecule has 0 aliphatic carbocycles. The van der Waals surface area contributed by atoms with Crippen molar-refractivity contribution in [3.05, 3.63) is 88.0 Å². The second-order valence-electron chi connectivity index (χ2n) is 7.75. The molecule has 2 heterocycles. The Bertz CT molecular complexity index is 1370. The van der Waals surface area contributed by atoms with Crippen LogP contribution in [0.5, 0.6) is 0 Å². The summed E-state index contributed by atoms with van der Waals surface area (Å²) in [5.41, 5.74) is 4.07. The average molecular weight is 523 g/mol. The molecule has 0 radical (unpaired) electrons. The number of carbonyl (C=O) groups is 2. The van der Waals surface area contributed by atoms with Gasteiger partial charge in [0, 0.05) is 27.9 Å². The highest BCUT2D eigenvalue weighted by Gasteiger charge is 2.22. The first-order valence-corrected chi connectivity index (χ1v) is 12.4. The summed E-state index contributed by atoms with van der Waals surface area (Å²) in [6.07, 6.45) is 0. The van der Waals surface area contributed by atoms with Gasteiger partial charge in [-0.25, -0.2) is 19.4 Å². The van der Waals surface area contributed by atoms with Gasteiger partial charge < -0.3 is 10.1 Å². The lowest BCUT2D eigenvalue weighted by molar-refractivity contribution is 0.0526. The van der Waals surface area contributed by atoms with Gasteiger partial charge in [-0.05, 0) is 75.4 Å². The van der Waals surface area contributed by atoms with Crippen molar-refractivity contribution in [2.45, 2.75) is 31.7 Å². The van der Waals surface area contributed by atoms with Crippen LogP contribution in [0.15, 0.2) is 59.8 Å². The van der Waals surface area contributed by atoms with Gasteiger partial charge in [0.25, 0.3) is 5.91 Å². The maximum absolute atomic E-state index is 13.2. The van der Waals surface area contributed by atoms with E-state index in [-0.39, 0.29) is 12.3 Å². The van der Waals surface area contributed by atoms with E-state index in [1.807, 2.05) is 19.9 Å². The fraction of sp³-hybridized carbons (Fsp3) is 0.200. The van der Waals surface area contributed by atoms with Gasteiger partial charge in [-0.15, -0.1) is 5.10 Å². The van der Waals surface area contributed by atoms with Crippen LogP contribution >= 0.6 is 23.4 Å². The number of anilines is 1. The van der Waals surface area contributed by atoms with E-state index in [9.17, 15) is 9.59 Å². The number of esters is 1. The number of aryl methyl sites for hydroxylation is 2. The molecule has 0 fully saturated rings. The number of benzene rings is 2. The van der Waals surface area contributed by atoms with Crippen molar-refractivity contribution < 1.29 is 14.3 Å². The quantitative estimate of drug-likeness (QED) is 0.194. The van der Waals surface area contributed by atoms with Crippen molar-refractivity contribution in [1.29, 1.82) is 0 Å². The fourth-order valence-corrected chi connectivity index (χ4v) is 4.45. The number of hydrogen-bond donors (Lipinski definition) is 1. The summed E-state index contributed by atoms with van der Waals surface area (Å²) in [5, 5.41) is 12.4. The number of nitrogens with one attached hydrogen (secondary N) is 1. The molecule has 0 unspecified atom stereocenters. The monoisotopic (exact) mass is 522 g/mol. The molecule has 0 saturated carbocycles. The molecule has 36 heavy (non-hydrogen) atoms. The summed E-state index contributed by atoms with van der Waals surface area (Å²) in [6.45, 7) is 5.84. The zero-order valence-corrected chi connectivity index (χ0v) is 21.4. The van der Waals surface area contributed by atoms with Crippen LogP contribution in [0, 0.1) is 13.8 Å². The lowest BCUT2D eigenvalue weighted by Crippen LogP contribution is -2.15. The van der Waals surface area contributed by atoms with Gasteiger partial charge in [0.05, 0.1) is 23.6 Å². The molecule has 2 aromatic carbocycles. The number of thioether (sulfide) groups is 1. The molecule has 0 aliphatic rings. The molecule has 4 aromatic rings. The predicted molar refractivity (Wildman–Crippen MR) is 138 cm³/mol. The Morgan fingerprint density at radius 2 is 1.69 bits per heavy atom. The first kappa shape index (κ1) is 25.3. The van der Waals surface area contributed by atoms with Gasteiger partial charge in [0.15, 0.2) is 10.9 Å². The minimum absolute atomic E-state index is 0.163. The predicted octanol–water partition coefficient (Wildman–Crippen LogP) is 5.05. The first-order valence-electron chi connectivity index (χ1n) is 11.1. The van der Waals surface area contributed by atoms with Crippen molar-refractivity contribution in [2.24, 2.45) is 0 Å². The molecule has 184 valence electrons. The summed E-state index contributed by atoms with van der Waals surface area (Å²) in [5.74, 6) is -0.506. The van der Waals surface area contributed by atoms with E-state index in [0.29, 0.717) is 38.6 Å². The van der Waals surface area contributed by atoms with E-state index < -0.39 is 11.9 Å². The Labute approximate surface area is 217 Å². The highest BCUT2D eigenvalue weighted by Crippen LogP contribution is 2.25. The van der Waals surface area contributed by atoms with Crippen LogP contribution in [0.1, 0.15) is 44.9 Å². The number of hydrogen-bond acceptors (Lipinski definition) is 8. The third-order valence-corrected chi connectivity index (χ3v) is 6.11. The van der Waals surface area contributed by atoms with E-state index in [1.54, 1.807) is 60.1 Å². The molecule has 0 spiro atoms.